The van der Waals surface area contributed by atoms with E-state index < -0.39 is 0 Å². The molecule has 30 heavy (non-hydrogen) atoms. The molecule has 2 N–H and O–H groups in total. The number of ether oxygens (including phenoxy) is 1. The average Bonchev–Trinajstić information content (AvgIpc) is 3.33. The van der Waals surface area contributed by atoms with Crippen LogP contribution in [0.4, 0.5) is 0 Å². The minimum Gasteiger partial charge on any atom is -0.375 e. The van der Waals surface area contributed by atoms with Gasteiger partial charge in [-0.1, -0.05) is 12.1 Å². The smallest absolute Gasteiger partial charge is 0.194 e. The second kappa shape index (κ2) is 11.7. The summed E-state index contributed by atoms with van der Waals surface area (Å²) in [6, 6.07) is 6.54. The number of thiazole rings is 1. The normalized spacial score (nSPS) is 12.6. The van der Waals surface area contributed by atoms with Crippen molar-refractivity contribution in [3.05, 3.63) is 51.6 Å². The van der Waals surface area contributed by atoms with Crippen molar-refractivity contribution in [3.63, 3.8) is 0 Å². The molecule has 0 amide bonds. The van der Waals surface area contributed by atoms with E-state index in [1.165, 1.54) is 22.0 Å². The van der Waals surface area contributed by atoms with E-state index in [1.54, 1.807) is 18.4 Å². The summed E-state index contributed by atoms with van der Waals surface area (Å²) in [6.45, 7) is 8.50. The minimum atomic E-state index is 0. The number of halogens is 1. The first-order chi connectivity index (χ1) is 14.0. The molecule has 164 valence electrons. The highest BCUT2D eigenvalue weighted by Gasteiger charge is 2.13. The van der Waals surface area contributed by atoms with Gasteiger partial charge >= 0.3 is 0 Å². The maximum Gasteiger partial charge on any atom is 0.194 e. The fourth-order valence-corrected chi connectivity index (χ4v) is 4.10. The van der Waals surface area contributed by atoms with Crippen molar-refractivity contribution in [2.24, 2.45) is 4.99 Å². The van der Waals surface area contributed by atoms with Gasteiger partial charge in [0.1, 0.15) is 11.1 Å². The van der Waals surface area contributed by atoms with Gasteiger partial charge in [-0.05, 0) is 44.4 Å². The number of nitrogens with zero attached hydrogens (tertiary/aromatic N) is 3. The first-order valence-electron chi connectivity index (χ1n) is 10.0. The highest BCUT2D eigenvalue weighted by Crippen LogP contribution is 2.21. The Hall–Kier alpha value is -1.65. The van der Waals surface area contributed by atoms with Crippen molar-refractivity contribution in [1.29, 1.82) is 0 Å². The molecule has 0 radical (unpaired) electrons. The Morgan fingerprint density at radius 3 is 2.93 bits per heavy atom. The zero-order valence-electron chi connectivity index (χ0n) is 18.4. The van der Waals surface area contributed by atoms with Gasteiger partial charge in [0.25, 0.3) is 0 Å². The van der Waals surface area contributed by atoms with Gasteiger partial charge in [-0.15, -0.1) is 35.3 Å². The van der Waals surface area contributed by atoms with E-state index in [2.05, 4.69) is 65.9 Å². The highest BCUT2D eigenvalue weighted by atomic mass is 127. The maximum absolute atomic E-state index is 5.36. The Kier molecular flexibility index (Phi) is 9.57. The summed E-state index contributed by atoms with van der Waals surface area (Å²) in [5.74, 6) is 0.900. The molecule has 1 aromatic carbocycles. The van der Waals surface area contributed by atoms with E-state index in [1.807, 2.05) is 6.92 Å². The molecular weight excluding hydrogens is 509 g/mol. The first kappa shape index (κ1) is 24.6. The number of guanidine groups is 1. The highest BCUT2D eigenvalue weighted by molar-refractivity contribution is 14.0. The number of H-pyrrole nitrogens is 1. The molecule has 3 aromatic rings. The Bertz CT molecular complexity index is 968. The van der Waals surface area contributed by atoms with Gasteiger partial charge in [0.05, 0.1) is 12.2 Å². The summed E-state index contributed by atoms with van der Waals surface area (Å²) in [5, 5.41) is 7.77. The van der Waals surface area contributed by atoms with Crippen molar-refractivity contribution >= 4 is 52.2 Å². The fourth-order valence-electron chi connectivity index (χ4n) is 3.26. The zero-order valence-corrected chi connectivity index (χ0v) is 21.5. The molecule has 0 aliphatic heterocycles. The number of aromatic nitrogens is 2. The number of fused-ring (bicyclic) bond motifs is 1. The van der Waals surface area contributed by atoms with Crippen molar-refractivity contribution in [2.75, 3.05) is 27.2 Å². The van der Waals surface area contributed by atoms with Crippen LogP contribution >= 0.6 is 35.3 Å². The lowest BCUT2D eigenvalue weighted by Gasteiger charge is -2.21. The van der Waals surface area contributed by atoms with Crippen LogP contribution in [0.25, 0.3) is 10.9 Å². The van der Waals surface area contributed by atoms with Gasteiger partial charge in [-0.25, -0.2) is 4.98 Å². The molecule has 0 aliphatic carbocycles. The number of aryl methyl sites for hydroxylation is 1. The molecule has 1 unspecified atom stereocenters. The minimum absolute atomic E-state index is 0. The first-order valence-corrected chi connectivity index (χ1v) is 10.9. The van der Waals surface area contributed by atoms with Crippen LogP contribution in [0.3, 0.4) is 0 Å². The van der Waals surface area contributed by atoms with Crippen LogP contribution in [0.2, 0.25) is 0 Å². The van der Waals surface area contributed by atoms with Crippen LogP contribution in [0.5, 0.6) is 0 Å². The SMILES string of the molecule is CCNC(=NCCc1c[nH]c2cc(C)ccc12)N(C)Cc1csc(C(C)OC)n1.I. The van der Waals surface area contributed by atoms with Gasteiger partial charge in [-0.3, -0.25) is 4.99 Å². The number of methoxy groups -OCH3 is 1. The van der Waals surface area contributed by atoms with Crippen LogP contribution in [-0.4, -0.2) is 48.1 Å². The number of aromatic amines is 1. The van der Waals surface area contributed by atoms with Crippen LogP contribution in [0.1, 0.15) is 41.8 Å². The lowest BCUT2D eigenvalue weighted by atomic mass is 10.1. The molecule has 0 saturated carbocycles. The summed E-state index contributed by atoms with van der Waals surface area (Å²) in [5.41, 5.74) is 4.80. The Balaban J connectivity index is 0.00000320. The average molecular weight is 542 g/mol. The Labute approximate surface area is 200 Å². The van der Waals surface area contributed by atoms with Crippen molar-refractivity contribution in [3.8, 4) is 0 Å². The van der Waals surface area contributed by atoms with Crippen LogP contribution in [0.15, 0.2) is 34.8 Å². The summed E-state index contributed by atoms with van der Waals surface area (Å²) >= 11 is 1.64. The van der Waals surface area contributed by atoms with Gasteiger partial charge in [-0.2, -0.15) is 0 Å². The Morgan fingerprint density at radius 1 is 1.40 bits per heavy atom. The molecule has 2 heterocycles. The monoisotopic (exact) mass is 541 g/mol. The van der Waals surface area contributed by atoms with E-state index in [-0.39, 0.29) is 30.1 Å². The number of hydrogen-bond acceptors (Lipinski definition) is 4. The van der Waals surface area contributed by atoms with E-state index in [0.29, 0.717) is 6.54 Å². The summed E-state index contributed by atoms with van der Waals surface area (Å²) in [6.07, 6.45) is 3.03. The van der Waals surface area contributed by atoms with Crippen LogP contribution in [0, 0.1) is 6.92 Å². The predicted molar refractivity (Wildman–Crippen MR) is 137 cm³/mol. The van der Waals surface area contributed by atoms with Crippen LogP contribution in [-0.2, 0) is 17.7 Å². The number of aliphatic imine (C=N–C) groups is 1. The second-order valence-corrected chi connectivity index (χ2v) is 8.15. The molecule has 0 aliphatic rings. The number of rotatable bonds is 8. The van der Waals surface area contributed by atoms with Crippen molar-refractivity contribution in [1.82, 2.24) is 20.2 Å². The van der Waals surface area contributed by atoms with Gasteiger partial charge in [0.2, 0.25) is 0 Å². The van der Waals surface area contributed by atoms with Crippen molar-refractivity contribution < 1.29 is 4.74 Å². The molecule has 6 nitrogen and oxygen atoms in total. The fraction of sp³-hybridized carbons (Fsp3) is 0.455. The largest absolute Gasteiger partial charge is 0.375 e. The molecule has 2 aromatic heterocycles. The quantitative estimate of drug-likeness (QED) is 0.242. The molecule has 1 atom stereocenters. The lowest BCUT2D eigenvalue weighted by Crippen LogP contribution is -2.38. The zero-order chi connectivity index (χ0) is 20.8. The molecular formula is C22H32IN5OS. The van der Waals surface area contributed by atoms with E-state index in [0.717, 1.165) is 36.2 Å². The molecule has 8 heteroatoms. The van der Waals surface area contributed by atoms with E-state index >= 15 is 0 Å². The van der Waals surface area contributed by atoms with Crippen molar-refractivity contribution in [2.45, 2.75) is 39.8 Å². The van der Waals surface area contributed by atoms with Gasteiger partial charge in [0.15, 0.2) is 5.96 Å². The molecule has 0 bridgehead atoms. The number of benzene rings is 1. The molecule has 0 spiro atoms. The standard InChI is InChI=1S/C22H31N5OS.HI/c1-6-23-22(27(4)13-18-14-29-21(26-18)16(3)28-5)24-10-9-17-12-25-20-11-15(2)7-8-19(17)20;/h7-8,11-12,14,16,25H,6,9-10,13H2,1-5H3,(H,23,24);1H. The third-order valence-corrected chi connectivity index (χ3v) is 5.99. The molecule has 0 saturated heterocycles. The molecule has 0 fully saturated rings. The summed E-state index contributed by atoms with van der Waals surface area (Å²) in [7, 11) is 3.76. The van der Waals surface area contributed by atoms with Gasteiger partial charge < -0.3 is 19.9 Å². The summed E-state index contributed by atoms with van der Waals surface area (Å²) < 4.78 is 5.36. The predicted octanol–water partition coefficient (Wildman–Crippen LogP) is 4.90. The summed E-state index contributed by atoms with van der Waals surface area (Å²) in [4.78, 5) is 15.0. The van der Waals surface area contributed by atoms with Crippen LogP contribution < -0.4 is 5.32 Å². The number of hydrogen-bond donors (Lipinski definition) is 2. The lowest BCUT2D eigenvalue weighted by molar-refractivity contribution is 0.119. The topological polar surface area (TPSA) is 65.5 Å². The second-order valence-electron chi connectivity index (χ2n) is 7.26. The maximum atomic E-state index is 5.36. The third kappa shape index (κ3) is 6.18. The van der Waals surface area contributed by atoms with E-state index in [4.69, 9.17) is 14.7 Å². The third-order valence-electron chi connectivity index (χ3n) is 4.93. The Morgan fingerprint density at radius 2 is 2.20 bits per heavy atom. The van der Waals surface area contributed by atoms with E-state index in [9.17, 15) is 0 Å². The number of nitrogens with one attached hydrogen (secondary N) is 2. The van der Waals surface area contributed by atoms with Gasteiger partial charge in [0, 0.05) is 49.7 Å². The molecule has 3 rings (SSSR count).